The van der Waals surface area contributed by atoms with Gasteiger partial charge in [-0.05, 0) is 37.6 Å². The van der Waals surface area contributed by atoms with E-state index in [1.807, 2.05) is 23.6 Å². The summed E-state index contributed by atoms with van der Waals surface area (Å²) in [5.41, 5.74) is 1.55. The number of likely N-dealkylation sites (tertiary alicyclic amines) is 1. The van der Waals surface area contributed by atoms with E-state index in [9.17, 15) is 9.90 Å². The van der Waals surface area contributed by atoms with E-state index < -0.39 is 5.60 Å². The molecule has 0 bridgehead atoms. The van der Waals surface area contributed by atoms with Gasteiger partial charge in [-0.1, -0.05) is 19.9 Å². The Hall–Kier alpha value is -1.96. The SMILES string of the molecule is CC(C)c1nc(C(=O)N2CCOc3ccc(C4(O)CCN(C)CC4)cc3C2)cs1. The molecule has 0 spiro atoms. The third kappa shape index (κ3) is 4.17. The Bertz CT molecular complexity index is 887. The average Bonchev–Trinajstić information content (AvgIpc) is 3.11. The Morgan fingerprint density at radius 3 is 2.72 bits per heavy atom. The molecule has 1 fully saturated rings. The summed E-state index contributed by atoms with van der Waals surface area (Å²) in [6, 6.07) is 5.93. The second-order valence-corrected chi connectivity index (χ2v) is 9.35. The number of carbonyl (C=O) groups is 1. The highest BCUT2D eigenvalue weighted by atomic mass is 32.1. The minimum Gasteiger partial charge on any atom is -0.491 e. The largest absolute Gasteiger partial charge is 0.491 e. The van der Waals surface area contributed by atoms with Gasteiger partial charge in [0.25, 0.3) is 5.91 Å². The molecule has 3 heterocycles. The Morgan fingerprint density at radius 1 is 1.28 bits per heavy atom. The number of aliphatic hydroxyl groups is 1. The first-order chi connectivity index (χ1) is 13.9. The monoisotopic (exact) mass is 415 g/mol. The number of hydrogen-bond acceptors (Lipinski definition) is 6. The highest BCUT2D eigenvalue weighted by molar-refractivity contribution is 7.09. The summed E-state index contributed by atoms with van der Waals surface area (Å²) < 4.78 is 5.90. The van der Waals surface area contributed by atoms with E-state index >= 15 is 0 Å². The lowest BCUT2D eigenvalue weighted by atomic mass is 9.84. The maximum absolute atomic E-state index is 13.0. The van der Waals surface area contributed by atoms with Gasteiger partial charge >= 0.3 is 0 Å². The molecule has 1 aromatic carbocycles. The van der Waals surface area contributed by atoms with Crippen molar-refractivity contribution in [2.75, 3.05) is 33.3 Å². The molecule has 156 valence electrons. The Labute approximate surface area is 176 Å². The van der Waals surface area contributed by atoms with Crippen LogP contribution in [0.15, 0.2) is 23.6 Å². The number of carbonyl (C=O) groups excluding carboxylic acids is 1. The van der Waals surface area contributed by atoms with E-state index in [1.165, 1.54) is 11.3 Å². The summed E-state index contributed by atoms with van der Waals surface area (Å²) in [5.74, 6) is 1.04. The van der Waals surface area contributed by atoms with Crippen molar-refractivity contribution in [2.45, 2.75) is 44.8 Å². The third-order valence-electron chi connectivity index (χ3n) is 5.91. The second kappa shape index (κ2) is 8.05. The van der Waals surface area contributed by atoms with Gasteiger partial charge in [-0.3, -0.25) is 4.79 Å². The number of ether oxygens (including phenoxy) is 1. The van der Waals surface area contributed by atoms with Crippen molar-refractivity contribution >= 4 is 17.2 Å². The highest BCUT2D eigenvalue weighted by Gasteiger charge is 2.34. The minimum absolute atomic E-state index is 0.0620. The van der Waals surface area contributed by atoms with Crippen LogP contribution < -0.4 is 4.74 Å². The van der Waals surface area contributed by atoms with Crippen LogP contribution in [-0.2, 0) is 12.1 Å². The molecule has 1 aromatic heterocycles. The summed E-state index contributed by atoms with van der Waals surface area (Å²) in [6.07, 6.45) is 1.42. The van der Waals surface area contributed by atoms with Crippen molar-refractivity contribution in [3.05, 3.63) is 45.4 Å². The molecule has 0 radical (unpaired) electrons. The first-order valence-corrected chi connectivity index (χ1v) is 11.2. The molecule has 0 aliphatic carbocycles. The van der Waals surface area contributed by atoms with Crippen molar-refractivity contribution in [3.8, 4) is 5.75 Å². The van der Waals surface area contributed by atoms with Crippen molar-refractivity contribution in [2.24, 2.45) is 0 Å². The van der Waals surface area contributed by atoms with Gasteiger partial charge in [0.2, 0.25) is 0 Å². The van der Waals surface area contributed by atoms with Crippen LogP contribution in [0.1, 0.15) is 59.2 Å². The molecule has 0 saturated carbocycles. The molecular weight excluding hydrogens is 386 g/mol. The molecule has 7 heteroatoms. The van der Waals surface area contributed by atoms with Crippen LogP contribution >= 0.6 is 11.3 Å². The first kappa shape index (κ1) is 20.3. The van der Waals surface area contributed by atoms with E-state index in [0.29, 0.717) is 44.1 Å². The number of benzene rings is 1. The smallest absolute Gasteiger partial charge is 0.273 e. The zero-order chi connectivity index (χ0) is 20.6. The standard InChI is InChI=1S/C22H29N3O3S/c1-15(2)20-23-18(14-29-20)21(26)25-10-11-28-19-5-4-17(12-16(19)13-25)22(27)6-8-24(3)9-7-22/h4-5,12,14-15,27H,6-11,13H2,1-3H3. The maximum atomic E-state index is 13.0. The average molecular weight is 416 g/mol. The zero-order valence-corrected chi connectivity index (χ0v) is 18.2. The van der Waals surface area contributed by atoms with Gasteiger partial charge in [-0.15, -0.1) is 11.3 Å². The molecule has 1 amide bonds. The molecule has 1 saturated heterocycles. The van der Waals surface area contributed by atoms with Crippen molar-refractivity contribution in [1.82, 2.24) is 14.8 Å². The molecule has 2 aromatic rings. The summed E-state index contributed by atoms with van der Waals surface area (Å²) in [4.78, 5) is 21.6. The Balaban J connectivity index is 1.56. The summed E-state index contributed by atoms with van der Waals surface area (Å²) >= 11 is 1.53. The summed E-state index contributed by atoms with van der Waals surface area (Å²) in [6.45, 7) is 7.34. The normalized spacial score (nSPS) is 19.6. The molecule has 0 atom stereocenters. The second-order valence-electron chi connectivity index (χ2n) is 8.46. The third-order valence-corrected chi connectivity index (χ3v) is 7.06. The molecule has 1 N–H and O–H groups in total. The van der Waals surface area contributed by atoms with Crippen LogP contribution in [0.25, 0.3) is 0 Å². The zero-order valence-electron chi connectivity index (χ0n) is 17.4. The highest BCUT2D eigenvalue weighted by Crippen LogP contribution is 2.36. The molecule has 4 rings (SSSR count). The fourth-order valence-electron chi connectivity index (χ4n) is 3.95. The molecular formula is C22H29N3O3S. The van der Waals surface area contributed by atoms with Crippen LogP contribution in [-0.4, -0.2) is 59.1 Å². The van der Waals surface area contributed by atoms with Gasteiger partial charge in [0.15, 0.2) is 0 Å². The molecule has 2 aliphatic rings. The van der Waals surface area contributed by atoms with Gasteiger partial charge < -0.3 is 19.6 Å². The van der Waals surface area contributed by atoms with E-state index in [-0.39, 0.29) is 5.91 Å². The van der Waals surface area contributed by atoms with Gasteiger partial charge in [0.05, 0.1) is 17.2 Å². The summed E-state index contributed by atoms with van der Waals surface area (Å²) in [5, 5.41) is 14.0. The number of fused-ring (bicyclic) bond motifs is 1. The molecule has 0 unspecified atom stereocenters. The van der Waals surface area contributed by atoms with Crippen LogP contribution in [0.3, 0.4) is 0 Å². The number of thiazole rings is 1. The van der Waals surface area contributed by atoms with Crippen LogP contribution in [0.2, 0.25) is 0 Å². The van der Waals surface area contributed by atoms with E-state index in [1.54, 1.807) is 4.90 Å². The topological polar surface area (TPSA) is 65.9 Å². The lowest BCUT2D eigenvalue weighted by Crippen LogP contribution is -2.40. The molecule has 29 heavy (non-hydrogen) atoms. The number of hydrogen-bond donors (Lipinski definition) is 1. The number of amides is 1. The number of nitrogens with zero attached hydrogens (tertiary/aromatic N) is 3. The first-order valence-electron chi connectivity index (χ1n) is 10.3. The van der Waals surface area contributed by atoms with Crippen LogP contribution in [0, 0.1) is 0 Å². The van der Waals surface area contributed by atoms with E-state index in [0.717, 1.165) is 35.0 Å². The lowest BCUT2D eigenvalue weighted by molar-refractivity contribution is -0.0204. The lowest BCUT2D eigenvalue weighted by Gasteiger charge is -2.37. The predicted octanol–water partition coefficient (Wildman–Crippen LogP) is 3.21. The predicted molar refractivity (Wildman–Crippen MR) is 114 cm³/mol. The number of piperidine rings is 1. The fraction of sp³-hybridized carbons (Fsp3) is 0.545. The van der Waals surface area contributed by atoms with Gasteiger partial charge in [-0.25, -0.2) is 4.98 Å². The van der Waals surface area contributed by atoms with E-state index in [2.05, 4.69) is 30.8 Å². The fourth-order valence-corrected chi connectivity index (χ4v) is 4.76. The van der Waals surface area contributed by atoms with Crippen LogP contribution in [0.5, 0.6) is 5.75 Å². The quantitative estimate of drug-likeness (QED) is 0.834. The number of aromatic nitrogens is 1. The van der Waals surface area contributed by atoms with Crippen molar-refractivity contribution < 1.29 is 14.6 Å². The van der Waals surface area contributed by atoms with Gasteiger partial charge in [0, 0.05) is 36.5 Å². The number of rotatable bonds is 3. The van der Waals surface area contributed by atoms with Gasteiger partial charge in [0.1, 0.15) is 18.1 Å². The maximum Gasteiger partial charge on any atom is 0.273 e. The molecule has 6 nitrogen and oxygen atoms in total. The Morgan fingerprint density at radius 2 is 2.03 bits per heavy atom. The summed E-state index contributed by atoms with van der Waals surface area (Å²) in [7, 11) is 2.08. The molecule has 2 aliphatic heterocycles. The van der Waals surface area contributed by atoms with E-state index in [4.69, 9.17) is 4.74 Å². The van der Waals surface area contributed by atoms with Crippen molar-refractivity contribution in [3.63, 3.8) is 0 Å². The minimum atomic E-state index is -0.816. The van der Waals surface area contributed by atoms with Crippen molar-refractivity contribution in [1.29, 1.82) is 0 Å². The Kier molecular flexibility index (Phi) is 5.64. The van der Waals surface area contributed by atoms with Gasteiger partial charge in [-0.2, -0.15) is 0 Å². The van der Waals surface area contributed by atoms with Crippen LogP contribution in [0.4, 0.5) is 0 Å².